The van der Waals surface area contributed by atoms with Gasteiger partial charge in [0.2, 0.25) is 0 Å². The molecule has 0 radical (unpaired) electrons. The van der Waals surface area contributed by atoms with E-state index < -0.39 is 10.4 Å². The van der Waals surface area contributed by atoms with Crippen molar-refractivity contribution in [3.8, 4) is 0 Å². The van der Waals surface area contributed by atoms with E-state index in [0.29, 0.717) is 0 Å². The van der Waals surface area contributed by atoms with Crippen LogP contribution in [0.1, 0.15) is 0 Å². The van der Waals surface area contributed by atoms with Crippen molar-refractivity contribution in [1.29, 1.82) is 0 Å². The molecule has 0 spiro atoms. The summed E-state index contributed by atoms with van der Waals surface area (Å²) >= 11 is 0. The molecule has 0 aliphatic heterocycles. The van der Waals surface area contributed by atoms with E-state index in [-0.39, 0.29) is 29.6 Å². The van der Waals surface area contributed by atoms with Crippen LogP contribution in [0.5, 0.6) is 0 Å². The van der Waals surface area contributed by atoms with Gasteiger partial charge in [0.05, 0.1) is 0 Å². The molecule has 0 atom stereocenters. The Hall–Kier alpha value is 0.570. The number of hydrogen-bond acceptors (Lipinski definition) is 4. The van der Waals surface area contributed by atoms with Gasteiger partial charge in [-0.3, -0.25) is 4.55 Å². The first-order chi connectivity index (χ1) is 3.56. The minimum absolute atomic E-state index is 0. The van der Waals surface area contributed by atoms with Crippen LogP contribution in [0.4, 0.5) is 0 Å². The molecule has 0 aromatic heterocycles. The summed E-state index contributed by atoms with van der Waals surface area (Å²) < 4.78 is 28.0. The second-order valence-corrected chi connectivity index (χ2v) is 1.51. The molecule has 9 heavy (non-hydrogen) atoms. The molecule has 0 rings (SSSR count). The van der Waals surface area contributed by atoms with E-state index in [1.165, 1.54) is 0 Å². The predicted octanol–water partition coefficient (Wildman–Crippen LogP) is -0.568. The van der Waals surface area contributed by atoms with E-state index in [2.05, 4.69) is 17.5 Å². The van der Waals surface area contributed by atoms with Gasteiger partial charge in [0.15, 0.2) is 0 Å². The molecule has 0 unspecified atom stereocenters. The van der Waals surface area contributed by atoms with Crippen molar-refractivity contribution in [3.05, 3.63) is 13.2 Å². The van der Waals surface area contributed by atoms with E-state index in [4.69, 9.17) is 18.2 Å². The van der Waals surface area contributed by atoms with Crippen molar-refractivity contribution in [2.75, 3.05) is 0 Å². The van der Waals surface area contributed by atoms with Crippen molar-refractivity contribution >= 4 is 40.0 Å². The van der Waals surface area contributed by atoms with E-state index in [1.54, 1.807) is 0 Å². The van der Waals surface area contributed by atoms with Crippen LogP contribution in [0.15, 0.2) is 13.2 Å². The second-order valence-electron chi connectivity index (χ2n) is 0.502. The van der Waals surface area contributed by atoms with E-state index >= 15 is 0 Å². The maximum absolute atomic E-state index is 9.08. The SMILES string of the molecule is C=C.O=S(=O)(O)OO.[NaH]. The Morgan fingerprint density at radius 1 is 1.33 bits per heavy atom. The van der Waals surface area contributed by atoms with E-state index in [1.807, 2.05) is 0 Å². The molecular formula is C2H7NaO5S. The fourth-order valence-electron chi connectivity index (χ4n) is 0. The summed E-state index contributed by atoms with van der Waals surface area (Å²) in [6, 6.07) is 0. The molecule has 0 bridgehead atoms. The van der Waals surface area contributed by atoms with Crippen LogP contribution < -0.4 is 0 Å². The molecule has 7 heteroatoms. The molecule has 0 saturated carbocycles. The number of hydrogen-bond donors (Lipinski definition) is 2. The summed E-state index contributed by atoms with van der Waals surface area (Å²) in [5, 5.41) is 7.06. The van der Waals surface area contributed by atoms with Gasteiger partial charge in [0.25, 0.3) is 0 Å². The number of rotatable bonds is 1. The van der Waals surface area contributed by atoms with Crippen molar-refractivity contribution in [2.24, 2.45) is 0 Å². The Morgan fingerprint density at radius 2 is 1.44 bits per heavy atom. The molecule has 0 aromatic carbocycles. The molecule has 52 valence electrons. The van der Waals surface area contributed by atoms with Gasteiger partial charge < -0.3 is 0 Å². The second kappa shape index (κ2) is 8.57. The Bertz CT molecular complexity index is 128. The standard InChI is InChI=1S/C2H4.Na.H2O5S.H/c1-2;;1-5-6(2,3)4;/h1-2H2;;1H,(H,2,3,4);. The van der Waals surface area contributed by atoms with Gasteiger partial charge in [-0.25, -0.2) is 5.26 Å². The zero-order valence-corrected chi connectivity index (χ0v) is 4.76. The van der Waals surface area contributed by atoms with Crippen molar-refractivity contribution in [1.82, 2.24) is 0 Å². The Balaban J connectivity index is -0.000000109. The first-order valence-electron chi connectivity index (χ1n) is 1.37. The Morgan fingerprint density at radius 3 is 1.44 bits per heavy atom. The third-order valence-electron chi connectivity index (χ3n) is 0.0942. The summed E-state index contributed by atoms with van der Waals surface area (Å²) in [6.45, 7) is 6.00. The van der Waals surface area contributed by atoms with Gasteiger partial charge >= 0.3 is 40.0 Å². The van der Waals surface area contributed by atoms with Gasteiger partial charge in [-0.15, -0.1) is 13.2 Å². The summed E-state index contributed by atoms with van der Waals surface area (Å²) in [7, 11) is -4.61. The molecule has 0 heterocycles. The van der Waals surface area contributed by atoms with Gasteiger partial charge in [0.1, 0.15) is 0 Å². The van der Waals surface area contributed by atoms with Crippen molar-refractivity contribution in [3.63, 3.8) is 0 Å². The average Bonchev–Trinajstić information content (AvgIpc) is 1.71. The van der Waals surface area contributed by atoms with E-state index in [9.17, 15) is 0 Å². The molecule has 5 nitrogen and oxygen atoms in total. The van der Waals surface area contributed by atoms with Crippen LogP contribution in [0.25, 0.3) is 0 Å². The predicted molar refractivity (Wildman–Crippen MR) is 33.7 cm³/mol. The van der Waals surface area contributed by atoms with Gasteiger partial charge in [-0.1, -0.05) is 4.33 Å². The first kappa shape index (κ1) is 16.3. The normalized spacial score (nSPS) is 8.22. The summed E-state index contributed by atoms with van der Waals surface area (Å²) in [5.41, 5.74) is 0. The fourth-order valence-corrected chi connectivity index (χ4v) is 0. The minimum atomic E-state index is -4.61. The van der Waals surface area contributed by atoms with Crippen molar-refractivity contribution < 1.29 is 22.6 Å². The molecule has 0 amide bonds. The van der Waals surface area contributed by atoms with Gasteiger partial charge in [-0.2, -0.15) is 8.42 Å². The third-order valence-corrected chi connectivity index (χ3v) is 0.283. The molecule has 2 N–H and O–H groups in total. The Kier molecular flexibility index (Phi) is 15.5. The molecule has 0 aliphatic rings. The molecule has 0 aromatic rings. The fraction of sp³-hybridized carbons (Fsp3) is 0. The van der Waals surface area contributed by atoms with Crippen LogP contribution in [-0.4, -0.2) is 47.8 Å². The summed E-state index contributed by atoms with van der Waals surface area (Å²) in [6.07, 6.45) is 0. The third kappa shape index (κ3) is 29.0. The maximum atomic E-state index is 9.08. The molecular weight excluding hydrogens is 159 g/mol. The van der Waals surface area contributed by atoms with Crippen molar-refractivity contribution in [2.45, 2.75) is 0 Å². The van der Waals surface area contributed by atoms with Crippen LogP contribution in [0.2, 0.25) is 0 Å². The van der Waals surface area contributed by atoms with Gasteiger partial charge in [0, 0.05) is 0 Å². The van der Waals surface area contributed by atoms with Crippen LogP contribution in [0, 0.1) is 0 Å². The molecule has 0 fully saturated rings. The molecule has 0 aliphatic carbocycles. The summed E-state index contributed by atoms with van der Waals surface area (Å²) in [4.78, 5) is 0. The first-order valence-corrected chi connectivity index (χ1v) is 2.73. The van der Waals surface area contributed by atoms with Gasteiger partial charge in [-0.05, 0) is 0 Å². The Labute approximate surface area is 75.5 Å². The van der Waals surface area contributed by atoms with E-state index in [0.717, 1.165) is 0 Å². The zero-order chi connectivity index (χ0) is 7.21. The quantitative estimate of drug-likeness (QED) is 0.179. The van der Waals surface area contributed by atoms with Crippen LogP contribution in [0.3, 0.4) is 0 Å². The van der Waals surface area contributed by atoms with Crippen LogP contribution >= 0.6 is 0 Å². The topological polar surface area (TPSA) is 83.8 Å². The van der Waals surface area contributed by atoms with Crippen LogP contribution in [-0.2, 0) is 14.7 Å². The molecule has 0 saturated heterocycles. The average molecular weight is 166 g/mol. The summed E-state index contributed by atoms with van der Waals surface area (Å²) in [5.74, 6) is 0. The monoisotopic (exact) mass is 166 g/mol. The zero-order valence-electron chi connectivity index (χ0n) is 3.94.